The van der Waals surface area contributed by atoms with Gasteiger partial charge in [-0.1, -0.05) is 0 Å². The molecule has 0 heterocycles. The van der Waals surface area contributed by atoms with Crippen LogP contribution >= 0.6 is 0 Å². The monoisotopic (exact) mass is 347 g/mol. The lowest BCUT2D eigenvalue weighted by atomic mass is 10.2. The topological polar surface area (TPSA) is 100 Å². The van der Waals surface area contributed by atoms with Gasteiger partial charge in [-0.25, -0.2) is 9.59 Å². The van der Waals surface area contributed by atoms with Crippen LogP contribution in [0.5, 0.6) is 11.5 Å². The van der Waals surface area contributed by atoms with Crippen LogP contribution < -0.4 is 14.8 Å². The third-order valence-electron chi connectivity index (χ3n) is 2.68. The van der Waals surface area contributed by atoms with Crippen LogP contribution in [0.1, 0.15) is 17.3 Å². The number of rotatable bonds is 6. The summed E-state index contributed by atoms with van der Waals surface area (Å²) in [6.07, 6.45) is -2.29. The molecular formula is C14H15F2NO7. The SMILES string of the molecule is COC(=O)NC(=O)[C@H](C)OC(=O)c1ccc(OC(F)F)c(OC)c1. The number of alkyl halides is 2. The third-order valence-corrected chi connectivity index (χ3v) is 2.68. The summed E-state index contributed by atoms with van der Waals surface area (Å²) in [4.78, 5) is 34.4. The zero-order valence-corrected chi connectivity index (χ0v) is 13.0. The highest BCUT2D eigenvalue weighted by atomic mass is 19.3. The Morgan fingerprint density at radius 3 is 2.33 bits per heavy atom. The first-order chi connectivity index (χ1) is 11.3. The lowest BCUT2D eigenvalue weighted by Crippen LogP contribution is -2.39. The fourth-order valence-electron chi connectivity index (χ4n) is 1.52. The standard InChI is InChI=1S/C14H15F2NO7/c1-7(11(18)17-14(20)22-3)23-12(19)8-4-5-9(24-13(15)16)10(6-8)21-2/h4-7,13H,1-3H3,(H,17,18,20)/t7-/m0/s1. The van der Waals surface area contributed by atoms with Gasteiger partial charge in [0.2, 0.25) is 0 Å². The molecule has 0 radical (unpaired) electrons. The number of carbonyl (C=O) groups is 3. The van der Waals surface area contributed by atoms with Crippen LogP contribution in [-0.4, -0.2) is 44.9 Å². The van der Waals surface area contributed by atoms with Gasteiger partial charge < -0.3 is 18.9 Å². The van der Waals surface area contributed by atoms with E-state index in [4.69, 9.17) is 9.47 Å². The minimum absolute atomic E-state index is 0.0637. The Morgan fingerprint density at radius 2 is 1.79 bits per heavy atom. The molecule has 1 atom stereocenters. The molecule has 0 bridgehead atoms. The van der Waals surface area contributed by atoms with Crippen molar-refractivity contribution in [2.45, 2.75) is 19.6 Å². The average Bonchev–Trinajstić information content (AvgIpc) is 2.54. The summed E-state index contributed by atoms with van der Waals surface area (Å²) in [6, 6.07) is 3.37. The predicted molar refractivity (Wildman–Crippen MR) is 75.1 cm³/mol. The van der Waals surface area contributed by atoms with Crippen molar-refractivity contribution in [2.24, 2.45) is 0 Å². The molecule has 0 unspecified atom stereocenters. The normalized spacial score (nSPS) is 11.4. The zero-order chi connectivity index (χ0) is 18.3. The van der Waals surface area contributed by atoms with Gasteiger partial charge in [-0.15, -0.1) is 0 Å². The fraction of sp³-hybridized carbons (Fsp3) is 0.357. The van der Waals surface area contributed by atoms with Gasteiger partial charge in [0.15, 0.2) is 17.6 Å². The largest absolute Gasteiger partial charge is 0.493 e. The quantitative estimate of drug-likeness (QED) is 0.782. The predicted octanol–water partition coefficient (Wildman–Crippen LogP) is 1.72. The van der Waals surface area contributed by atoms with Crippen LogP contribution in [0.2, 0.25) is 0 Å². The Labute approximate surface area is 135 Å². The molecular weight excluding hydrogens is 332 g/mol. The van der Waals surface area contributed by atoms with E-state index in [1.54, 1.807) is 0 Å². The van der Waals surface area contributed by atoms with E-state index in [2.05, 4.69) is 9.47 Å². The number of alkyl carbamates (subject to hydrolysis) is 1. The van der Waals surface area contributed by atoms with Gasteiger partial charge in [-0.05, 0) is 25.1 Å². The number of carbonyl (C=O) groups excluding carboxylic acids is 3. The summed E-state index contributed by atoms with van der Waals surface area (Å²) in [5, 5.41) is 1.83. The first kappa shape index (κ1) is 19.1. The number of ether oxygens (including phenoxy) is 4. The Bertz CT molecular complexity index is 621. The molecule has 0 aliphatic heterocycles. The van der Waals surface area contributed by atoms with Crippen LogP contribution in [0.15, 0.2) is 18.2 Å². The molecule has 0 aliphatic rings. The second-order valence-electron chi connectivity index (χ2n) is 4.27. The van der Waals surface area contributed by atoms with Crippen molar-refractivity contribution in [3.63, 3.8) is 0 Å². The van der Waals surface area contributed by atoms with E-state index in [-0.39, 0.29) is 17.1 Å². The molecule has 0 fully saturated rings. The number of hydrogen-bond acceptors (Lipinski definition) is 7. The van der Waals surface area contributed by atoms with Crippen molar-refractivity contribution in [3.05, 3.63) is 23.8 Å². The Morgan fingerprint density at radius 1 is 1.12 bits per heavy atom. The van der Waals surface area contributed by atoms with E-state index in [1.807, 2.05) is 5.32 Å². The van der Waals surface area contributed by atoms with Crippen molar-refractivity contribution in [1.29, 1.82) is 0 Å². The van der Waals surface area contributed by atoms with E-state index in [0.29, 0.717) is 0 Å². The van der Waals surface area contributed by atoms with Crippen LogP contribution in [0.4, 0.5) is 13.6 Å². The van der Waals surface area contributed by atoms with E-state index in [0.717, 1.165) is 25.3 Å². The average molecular weight is 347 g/mol. The number of halogens is 2. The lowest BCUT2D eigenvalue weighted by molar-refractivity contribution is -0.128. The zero-order valence-electron chi connectivity index (χ0n) is 13.0. The number of hydrogen-bond donors (Lipinski definition) is 1. The highest BCUT2D eigenvalue weighted by Crippen LogP contribution is 2.29. The second-order valence-corrected chi connectivity index (χ2v) is 4.27. The van der Waals surface area contributed by atoms with Gasteiger partial charge in [0.05, 0.1) is 19.8 Å². The van der Waals surface area contributed by atoms with Crippen LogP contribution in [-0.2, 0) is 14.3 Å². The third kappa shape index (κ3) is 5.38. The molecule has 2 amide bonds. The highest BCUT2D eigenvalue weighted by Gasteiger charge is 2.22. The highest BCUT2D eigenvalue weighted by molar-refractivity contribution is 5.97. The molecule has 0 saturated carbocycles. The molecule has 10 heteroatoms. The van der Waals surface area contributed by atoms with Gasteiger partial charge >= 0.3 is 18.7 Å². The smallest absolute Gasteiger partial charge is 0.413 e. The van der Waals surface area contributed by atoms with E-state index in [9.17, 15) is 23.2 Å². The number of amides is 2. The minimum Gasteiger partial charge on any atom is -0.493 e. The van der Waals surface area contributed by atoms with Crippen molar-refractivity contribution in [3.8, 4) is 11.5 Å². The van der Waals surface area contributed by atoms with Crippen molar-refractivity contribution in [1.82, 2.24) is 5.32 Å². The van der Waals surface area contributed by atoms with E-state index in [1.165, 1.54) is 14.0 Å². The number of methoxy groups -OCH3 is 2. The van der Waals surface area contributed by atoms with Gasteiger partial charge in [-0.2, -0.15) is 8.78 Å². The molecule has 1 aromatic rings. The van der Waals surface area contributed by atoms with Crippen molar-refractivity contribution >= 4 is 18.0 Å². The van der Waals surface area contributed by atoms with E-state index >= 15 is 0 Å². The van der Waals surface area contributed by atoms with Crippen LogP contribution in [0, 0.1) is 0 Å². The molecule has 1 aromatic carbocycles. The molecule has 0 saturated heterocycles. The van der Waals surface area contributed by atoms with Crippen LogP contribution in [0.3, 0.4) is 0 Å². The maximum Gasteiger partial charge on any atom is 0.413 e. The number of imide groups is 1. The molecule has 0 spiro atoms. The van der Waals surface area contributed by atoms with Gasteiger partial charge in [0.25, 0.3) is 5.91 Å². The first-order valence-electron chi connectivity index (χ1n) is 6.51. The minimum atomic E-state index is -3.06. The molecule has 132 valence electrons. The van der Waals surface area contributed by atoms with E-state index < -0.39 is 30.7 Å². The number of esters is 1. The molecule has 0 aliphatic carbocycles. The molecule has 0 aromatic heterocycles. The molecule has 24 heavy (non-hydrogen) atoms. The maximum absolute atomic E-state index is 12.2. The second kappa shape index (κ2) is 8.65. The summed E-state index contributed by atoms with van der Waals surface area (Å²) in [7, 11) is 2.27. The molecule has 1 N–H and O–H groups in total. The van der Waals surface area contributed by atoms with Crippen LogP contribution in [0.25, 0.3) is 0 Å². The van der Waals surface area contributed by atoms with Crippen molar-refractivity contribution < 1.29 is 42.1 Å². The summed E-state index contributed by atoms with van der Waals surface area (Å²) >= 11 is 0. The Kier molecular flexibility index (Phi) is 6.90. The first-order valence-corrected chi connectivity index (χ1v) is 6.51. The molecule has 1 rings (SSSR count). The summed E-state index contributed by atoms with van der Waals surface area (Å²) < 4.78 is 42.6. The Hall–Kier alpha value is -2.91. The van der Waals surface area contributed by atoms with Crippen molar-refractivity contribution in [2.75, 3.05) is 14.2 Å². The number of benzene rings is 1. The number of nitrogens with one attached hydrogen (secondary N) is 1. The Balaban J connectivity index is 2.80. The van der Waals surface area contributed by atoms with Gasteiger partial charge in [0, 0.05) is 0 Å². The summed E-state index contributed by atoms with van der Waals surface area (Å²) in [5.74, 6) is -2.19. The summed E-state index contributed by atoms with van der Waals surface area (Å²) in [6.45, 7) is -1.82. The maximum atomic E-state index is 12.2. The fourth-order valence-corrected chi connectivity index (χ4v) is 1.52. The van der Waals surface area contributed by atoms with Gasteiger partial charge in [-0.3, -0.25) is 10.1 Å². The molecule has 8 nitrogen and oxygen atoms in total. The van der Waals surface area contributed by atoms with Gasteiger partial charge in [0.1, 0.15) is 0 Å². The summed E-state index contributed by atoms with van der Waals surface area (Å²) in [5.41, 5.74) is -0.0637. The lowest BCUT2D eigenvalue weighted by Gasteiger charge is -2.14.